The highest BCUT2D eigenvalue weighted by atomic mass is 35.7. The van der Waals surface area contributed by atoms with E-state index in [1.54, 1.807) is 0 Å². The van der Waals surface area contributed by atoms with Crippen LogP contribution < -0.4 is 9.47 Å². The average Bonchev–Trinajstić information content (AvgIpc) is 2.24. The molecular formula is C10H11ClO6S2. The van der Waals surface area contributed by atoms with Crippen LogP contribution in [-0.4, -0.2) is 36.3 Å². The van der Waals surface area contributed by atoms with E-state index >= 15 is 0 Å². The third kappa shape index (κ3) is 3.52. The summed E-state index contributed by atoms with van der Waals surface area (Å²) in [5, 5.41) is 0. The van der Waals surface area contributed by atoms with Crippen LogP contribution in [0.25, 0.3) is 0 Å². The van der Waals surface area contributed by atoms with Crippen LogP contribution >= 0.6 is 10.7 Å². The molecule has 0 saturated carbocycles. The SMILES string of the molecule is CS(=O)(=O)c1cc2c(cc1CS(=O)(=O)Cl)OCCO2. The van der Waals surface area contributed by atoms with E-state index in [0.717, 1.165) is 6.26 Å². The molecule has 1 aliphatic heterocycles. The Morgan fingerprint density at radius 2 is 1.63 bits per heavy atom. The minimum atomic E-state index is -3.88. The van der Waals surface area contributed by atoms with Crippen molar-refractivity contribution in [2.75, 3.05) is 19.5 Å². The van der Waals surface area contributed by atoms with Crippen molar-refractivity contribution in [1.82, 2.24) is 0 Å². The monoisotopic (exact) mass is 326 g/mol. The Kier molecular flexibility index (Phi) is 3.67. The van der Waals surface area contributed by atoms with Gasteiger partial charge in [-0.3, -0.25) is 0 Å². The highest BCUT2D eigenvalue weighted by Gasteiger charge is 2.23. The molecule has 0 N–H and O–H groups in total. The van der Waals surface area contributed by atoms with Gasteiger partial charge in [0.2, 0.25) is 9.05 Å². The molecule has 106 valence electrons. The minimum absolute atomic E-state index is 0.0711. The van der Waals surface area contributed by atoms with Gasteiger partial charge in [0.05, 0.1) is 10.6 Å². The van der Waals surface area contributed by atoms with Crippen LogP contribution in [0.3, 0.4) is 0 Å². The van der Waals surface area contributed by atoms with E-state index in [4.69, 9.17) is 20.2 Å². The molecule has 0 bridgehead atoms. The van der Waals surface area contributed by atoms with Gasteiger partial charge >= 0.3 is 0 Å². The number of benzene rings is 1. The maximum absolute atomic E-state index is 11.7. The first-order chi connectivity index (χ1) is 8.67. The molecule has 0 amide bonds. The number of ether oxygens (including phenoxy) is 2. The summed E-state index contributed by atoms with van der Waals surface area (Å²) in [6, 6.07) is 2.60. The minimum Gasteiger partial charge on any atom is -0.486 e. The molecule has 2 rings (SSSR count). The maximum atomic E-state index is 11.7. The number of hydrogen-bond acceptors (Lipinski definition) is 6. The second kappa shape index (κ2) is 4.84. The lowest BCUT2D eigenvalue weighted by molar-refractivity contribution is 0.171. The zero-order valence-electron chi connectivity index (χ0n) is 9.92. The van der Waals surface area contributed by atoms with Crippen molar-refractivity contribution in [1.29, 1.82) is 0 Å². The Morgan fingerprint density at radius 1 is 1.11 bits per heavy atom. The molecule has 1 aromatic carbocycles. The standard InChI is InChI=1S/C10H11ClO6S2/c1-18(12,13)10-5-9-8(16-2-3-17-9)4-7(10)6-19(11,14)15/h4-5H,2-3,6H2,1H3. The van der Waals surface area contributed by atoms with Gasteiger partial charge in [-0.05, 0) is 11.6 Å². The van der Waals surface area contributed by atoms with Gasteiger partial charge in [0.15, 0.2) is 21.3 Å². The fraction of sp³-hybridized carbons (Fsp3) is 0.400. The van der Waals surface area contributed by atoms with Crippen molar-refractivity contribution in [2.45, 2.75) is 10.6 Å². The largest absolute Gasteiger partial charge is 0.486 e. The van der Waals surface area contributed by atoms with Crippen molar-refractivity contribution in [2.24, 2.45) is 0 Å². The molecular weight excluding hydrogens is 316 g/mol. The zero-order chi connectivity index (χ0) is 14.3. The molecule has 1 aliphatic rings. The maximum Gasteiger partial charge on any atom is 0.236 e. The van der Waals surface area contributed by atoms with Gasteiger partial charge in [0.1, 0.15) is 13.2 Å². The molecule has 0 aromatic heterocycles. The van der Waals surface area contributed by atoms with Crippen molar-refractivity contribution >= 4 is 29.6 Å². The Morgan fingerprint density at radius 3 is 2.11 bits per heavy atom. The third-order valence-corrected chi connectivity index (χ3v) is 4.61. The first kappa shape index (κ1) is 14.4. The van der Waals surface area contributed by atoms with E-state index in [-0.39, 0.29) is 16.2 Å². The molecule has 1 heterocycles. The molecule has 19 heavy (non-hydrogen) atoms. The Bertz CT molecular complexity index is 708. The van der Waals surface area contributed by atoms with E-state index in [1.807, 2.05) is 0 Å². The van der Waals surface area contributed by atoms with E-state index in [9.17, 15) is 16.8 Å². The Labute approximate surface area is 115 Å². The van der Waals surface area contributed by atoms with Gasteiger partial charge in [0.25, 0.3) is 0 Å². The lowest BCUT2D eigenvalue weighted by Crippen LogP contribution is -2.17. The van der Waals surface area contributed by atoms with E-state index in [0.29, 0.717) is 19.0 Å². The van der Waals surface area contributed by atoms with Crippen molar-refractivity contribution in [3.05, 3.63) is 17.7 Å². The van der Waals surface area contributed by atoms with Crippen LogP contribution in [0.4, 0.5) is 0 Å². The van der Waals surface area contributed by atoms with Crippen LogP contribution in [0.15, 0.2) is 17.0 Å². The molecule has 1 aromatic rings. The van der Waals surface area contributed by atoms with Crippen LogP contribution in [0.5, 0.6) is 11.5 Å². The van der Waals surface area contributed by atoms with E-state index in [2.05, 4.69) is 0 Å². The summed E-state index contributed by atoms with van der Waals surface area (Å²) in [5.41, 5.74) is 0.0711. The highest BCUT2D eigenvalue weighted by Crippen LogP contribution is 2.36. The summed E-state index contributed by atoms with van der Waals surface area (Å²) in [6.07, 6.45) is 0.989. The summed E-state index contributed by atoms with van der Waals surface area (Å²) < 4.78 is 56.2. The molecule has 0 saturated heterocycles. The molecule has 0 spiro atoms. The molecule has 0 fully saturated rings. The summed E-state index contributed by atoms with van der Waals surface area (Å²) in [4.78, 5) is -0.124. The predicted molar refractivity (Wildman–Crippen MR) is 69.0 cm³/mol. The summed E-state index contributed by atoms with van der Waals surface area (Å²) in [6.45, 7) is 0.627. The first-order valence-electron chi connectivity index (χ1n) is 5.22. The fourth-order valence-corrected chi connectivity index (χ4v) is 3.74. The van der Waals surface area contributed by atoms with Gasteiger partial charge in [-0.15, -0.1) is 0 Å². The zero-order valence-corrected chi connectivity index (χ0v) is 12.3. The highest BCUT2D eigenvalue weighted by molar-refractivity contribution is 8.13. The summed E-state index contributed by atoms with van der Waals surface area (Å²) in [5.74, 6) is 0.00417. The second-order valence-electron chi connectivity index (χ2n) is 4.06. The first-order valence-corrected chi connectivity index (χ1v) is 9.59. The predicted octanol–water partition coefficient (Wildman–Crippen LogP) is 0.930. The van der Waals surface area contributed by atoms with Gasteiger partial charge in [0, 0.05) is 23.0 Å². The second-order valence-corrected chi connectivity index (χ2v) is 8.82. The summed E-state index contributed by atoms with van der Waals surface area (Å²) in [7, 11) is -2.29. The Hall–Kier alpha value is -0.990. The van der Waals surface area contributed by atoms with Crippen LogP contribution in [0.1, 0.15) is 5.56 Å². The third-order valence-electron chi connectivity index (χ3n) is 2.45. The Balaban J connectivity index is 2.62. The number of fused-ring (bicyclic) bond motifs is 1. The normalized spacial score (nSPS) is 15.3. The van der Waals surface area contributed by atoms with Gasteiger partial charge < -0.3 is 9.47 Å². The molecule has 0 radical (unpaired) electrons. The van der Waals surface area contributed by atoms with Crippen LogP contribution in [0, 0.1) is 0 Å². The van der Waals surface area contributed by atoms with Crippen molar-refractivity contribution in [3.8, 4) is 11.5 Å². The van der Waals surface area contributed by atoms with Crippen molar-refractivity contribution in [3.63, 3.8) is 0 Å². The molecule has 0 atom stereocenters. The van der Waals surface area contributed by atoms with E-state index < -0.39 is 24.6 Å². The molecule has 9 heteroatoms. The van der Waals surface area contributed by atoms with Crippen LogP contribution in [0.2, 0.25) is 0 Å². The quantitative estimate of drug-likeness (QED) is 0.768. The number of hydrogen-bond donors (Lipinski definition) is 0. The summed E-state index contributed by atoms with van der Waals surface area (Å²) >= 11 is 0. The van der Waals surface area contributed by atoms with Gasteiger partial charge in [-0.25, -0.2) is 16.8 Å². The van der Waals surface area contributed by atoms with Crippen molar-refractivity contribution < 1.29 is 26.3 Å². The van der Waals surface area contributed by atoms with Gasteiger partial charge in [-0.1, -0.05) is 0 Å². The smallest absolute Gasteiger partial charge is 0.236 e. The molecule has 0 aliphatic carbocycles. The number of sulfone groups is 1. The number of rotatable bonds is 3. The lowest BCUT2D eigenvalue weighted by atomic mass is 10.2. The number of halogens is 1. The van der Waals surface area contributed by atoms with Crippen LogP contribution in [-0.2, 0) is 24.6 Å². The molecule has 6 nitrogen and oxygen atoms in total. The topological polar surface area (TPSA) is 86.7 Å². The van der Waals surface area contributed by atoms with E-state index in [1.165, 1.54) is 12.1 Å². The lowest BCUT2D eigenvalue weighted by Gasteiger charge is -2.20. The van der Waals surface area contributed by atoms with Gasteiger partial charge in [-0.2, -0.15) is 0 Å². The fourth-order valence-electron chi connectivity index (χ4n) is 1.76. The molecule has 0 unspecified atom stereocenters. The average molecular weight is 327 g/mol.